The standard InChI is InChI=1S/C25H24Cl2N4/c1-17-4-3-14-30(17)15-13-20-6-2-5-19-9-12-22(29-23(19)20)18-7-10-21(11-8-18)31-16-28-24(26)25(31)27/h2,5-12,16-17H,3-4,13-15H2,1H3/t17-/m1/s1. The highest BCUT2D eigenvalue weighted by molar-refractivity contribution is 6.40. The minimum Gasteiger partial charge on any atom is -0.300 e. The molecule has 0 aliphatic carbocycles. The molecule has 0 saturated carbocycles. The predicted molar refractivity (Wildman–Crippen MR) is 128 cm³/mol. The zero-order chi connectivity index (χ0) is 21.4. The lowest BCUT2D eigenvalue weighted by molar-refractivity contribution is 0.272. The maximum Gasteiger partial charge on any atom is 0.166 e. The first-order valence-corrected chi connectivity index (χ1v) is 11.5. The molecule has 1 saturated heterocycles. The molecule has 0 spiro atoms. The van der Waals surface area contributed by atoms with E-state index < -0.39 is 0 Å². The summed E-state index contributed by atoms with van der Waals surface area (Å²) in [6.45, 7) is 4.64. The van der Waals surface area contributed by atoms with Crippen LogP contribution in [0.2, 0.25) is 10.3 Å². The average Bonchev–Trinajstić information content (AvgIpc) is 3.36. The van der Waals surface area contributed by atoms with Gasteiger partial charge in [0, 0.05) is 29.2 Å². The van der Waals surface area contributed by atoms with Gasteiger partial charge in [-0.05, 0) is 56.5 Å². The number of benzene rings is 2. The van der Waals surface area contributed by atoms with Crippen molar-refractivity contribution in [2.24, 2.45) is 0 Å². The Labute approximate surface area is 192 Å². The van der Waals surface area contributed by atoms with Crippen LogP contribution < -0.4 is 0 Å². The maximum absolute atomic E-state index is 6.22. The van der Waals surface area contributed by atoms with E-state index >= 15 is 0 Å². The molecule has 1 aliphatic rings. The van der Waals surface area contributed by atoms with Gasteiger partial charge in [-0.2, -0.15) is 0 Å². The van der Waals surface area contributed by atoms with Crippen molar-refractivity contribution in [2.75, 3.05) is 13.1 Å². The third-order valence-electron chi connectivity index (χ3n) is 6.27. The van der Waals surface area contributed by atoms with Crippen molar-refractivity contribution in [2.45, 2.75) is 32.2 Å². The lowest BCUT2D eigenvalue weighted by Crippen LogP contribution is -2.29. The topological polar surface area (TPSA) is 34.0 Å². The molecule has 0 bridgehead atoms. The molecule has 0 amide bonds. The Balaban J connectivity index is 1.43. The first-order chi connectivity index (χ1) is 15.1. The highest BCUT2D eigenvalue weighted by Gasteiger charge is 2.20. The molecule has 1 aliphatic heterocycles. The summed E-state index contributed by atoms with van der Waals surface area (Å²) in [5.74, 6) is 0. The van der Waals surface area contributed by atoms with Crippen LogP contribution >= 0.6 is 23.2 Å². The van der Waals surface area contributed by atoms with E-state index in [1.54, 1.807) is 10.9 Å². The van der Waals surface area contributed by atoms with E-state index in [0.29, 0.717) is 16.3 Å². The molecule has 2 aromatic heterocycles. The number of nitrogens with zero attached hydrogens (tertiary/aromatic N) is 4. The van der Waals surface area contributed by atoms with Gasteiger partial charge < -0.3 is 4.90 Å². The van der Waals surface area contributed by atoms with Crippen LogP contribution in [0.3, 0.4) is 0 Å². The number of likely N-dealkylation sites (tertiary alicyclic amines) is 1. The van der Waals surface area contributed by atoms with Crippen molar-refractivity contribution in [1.82, 2.24) is 19.4 Å². The second kappa shape index (κ2) is 8.62. The zero-order valence-electron chi connectivity index (χ0n) is 17.4. The molecule has 4 aromatic rings. The van der Waals surface area contributed by atoms with E-state index in [0.717, 1.165) is 35.4 Å². The number of pyridine rings is 1. The van der Waals surface area contributed by atoms with Gasteiger partial charge in [0.05, 0.1) is 11.2 Å². The fraction of sp³-hybridized carbons (Fsp3) is 0.280. The second-order valence-corrected chi connectivity index (χ2v) is 8.92. The molecule has 1 atom stereocenters. The molecule has 2 aromatic carbocycles. The van der Waals surface area contributed by atoms with Crippen molar-refractivity contribution < 1.29 is 0 Å². The van der Waals surface area contributed by atoms with E-state index in [2.05, 4.69) is 59.3 Å². The van der Waals surface area contributed by atoms with Gasteiger partial charge in [0.15, 0.2) is 10.3 Å². The molecule has 158 valence electrons. The van der Waals surface area contributed by atoms with Gasteiger partial charge in [0.2, 0.25) is 0 Å². The molecule has 4 nitrogen and oxygen atoms in total. The molecule has 0 N–H and O–H groups in total. The third kappa shape index (κ3) is 4.08. The Kier molecular flexibility index (Phi) is 5.70. The Hall–Kier alpha value is -2.40. The summed E-state index contributed by atoms with van der Waals surface area (Å²) in [6.07, 6.45) is 5.27. The van der Waals surface area contributed by atoms with Crippen LogP contribution in [-0.4, -0.2) is 38.6 Å². The van der Waals surface area contributed by atoms with Gasteiger partial charge in [-0.15, -0.1) is 0 Å². The van der Waals surface area contributed by atoms with Gasteiger partial charge in [0.25, 0.3) is 0 Å². The van der Waals surface area contributed by atoms with Crippen molar-refractivity contribution in [1.29, 1.82) is 0 Å². The summed E-state index contributed by atoms with van der Waals surface area (Å²) in [5, 5.41) is 1.90. The first kappa shape index (κ1) is 20.5. The average molecular weight is 451 g/mol. The quantitative estimate of drug-likeness (QED) is 0.351. The summed E-state index contributed by atoms with van der Waals surface area (Å²) < 4.78 is 1.76. The molecule has 6 heteroatoms. The van der Waals surface area contributed by atoms with E-state index in [1.165, 1.54) is 30.3 Å². The van der Waals surface area contributed by atoms with Crippen molar-refractivity contribution in [3.8, 4) is 16.9 Å². The summed E-state index contributed by atoms with van der Waals surface area (Å²) in [6, 6.07) is 19.6. The van der Waals surface area contributed by atoms with Gasteiger partial charge in [-0.25, -0.2) is 9.97 Å². The molecular formula is C25H24Cl2N4. The first-order valence-electron chi connectivity index (χ1n) is 10.7. The van der Waals surface area contributed by atoms with Crippen LogP contribution in [0.25, 0.3) is 27.8 Å². The van der Waals surface area contributed by atoms with E-state index in [1.807, 2.05) is 12.1 Å². The minimum absolute atomic E-state index is 0.304. The monoisotopic (exact) mass is 450 g/mol. The summed E-state index contributed by atoms with van der Waals surface area (Å²) in [7, 11) is 0. The number of hydrogen-bond donors (Lipinski definition) is 0. The Morgan fingerprint density at radius 1 is 1.03 bits per heavy atom. The van der Waals surface area contributed by atoms with Crippen LogP contribution in [0.15, 0.2) is 60.9 Å². The number of imidazole rings is 1. The number of aromatic nitrogens is 3. The SMILES string of the molecule is C[C@@H]1CCCN1CCc1cccc2ccc(-c3ccc(-n4cnc(Cl)c4Cl)cc3)nc12. The number of hydrogen-bond acceptors (Lipinski definition) is 3. The second-order valence-electron chi connectivity index (χ2n) is 8.21. The van der Waals surface area contributed by atoms with Crippen molar-refractivity contribution in [3.05, 3.63) is 76.8 Å². The largest absolute Gasteiger partial charge is 0.300 e. The Morgan fingerprint density at radius 3 is 2.58 bits per heavy atom. The van der Waals surface area contributed by atoms with Crippen molar-refractivity contribution >= 4 is 34.1 Å². The van der Waals surface area contributed by atoms with Crippen LogP contribution in [0.1, 0.15) is 25.3 Å². The van der Waals surface area contributed by atoms with E-state index in [4.69, 9.17) is 28.2 Å². The molecule has 31 heavy (non-hydrogen) atoms. The van der Waals surface area contributed by atoms with Crippen LogP contribution in [-0.2, 0) is 6.42 Å². The fourth-order valence-electron chi connectivity index (χ4n) is 4.44. The van der Waals surface area contributed by atoms with Crippen LogP contribution in [0.4, 0.5) is 0 Å². The van der Waals surface area contributed by atoms with Gasteiger partial charge in [0.1, 0.15) is 6.33 Å². The lowest BCUT2D eigenvalue weighted by Gasteiger charge is -2.21. The summed E-state index contributed by atoms with van der Waals surface area (Å²) in [5.41, 5.74) is 5.36. The van der Waals surface area contributed by atoms with E-state index in [-0.39, 0.29) is 0 Å². The minimum atomic E-state index is 0.304. The molecule has 5 rings (SSSR count). The number of para-hydroxylation sites is 1. The number of fused-ring (bicyclic) bond motifs is 1. The molecule has 0 unspecified atom stereocenters. The smallest absolute Gasteiger partial charge is 0.166 e. The number of halogens is 2. The maximum atomic E-state index is 6.22. The lowest BCUT2D eigenvalue weighted by atomic mass is 10.0. The van der Waals surface area contributed by atoms with Crippen LogP contribution in [0.5, 0.6) is 0 Å². The number of rotatable bonds is 5. The normalized spacial score (nSPS) is 16.9. The van der Waals surface area contributed by atoms with E-state index in [9.17, 15) is 0 Å². The van der Waals surface area contributed by atoms with Gasteiger partial charge >= 0.3 is 0 Å². The van der Waals surface area contributed by atoms with Crippen molar-refractivity contribution in [3.63, 3.8) is 0 Å². The molecule has 0 radical (unpaired) electrons. The fourth-order valence-corrected chi connectivity index (χ4v) is 4.77. The highest BCUT2D eigenvalue weighted by Crippen LogP contribution is 2.27. The summed E-state index contributed by atoms with van der Waals surface area (Å²) >= 11 is 12.2. The van der Waals surface area contributed by atoms with Crippen LogP contribution in [0, 0.1) is 0 Å². The third-order valence-corrected chi connectivity index (χ3v) is 7.01. The molecule has 1 fully saturated rings. The van der Waals surface area contributed by atoms with Gasteiger partial charge in [-0.3, -0.25) is 4.57 Å². The molecule has 3 heterocycles. The van der Waals surface area contributed by atoms with Gasteiger partial charge in [-0.1, -0.05) is 59.6 Å². The molecular weight excluding hydrogens is 427 g/mol. The zero-order valence-corrected chi connectivity index (χ0v) is 18.9. The predicted octanol–water partition coefficient (Wildman–Crippen LogP) is 6.42. The highest BCUT2D eigenvalue weighted by atomic mass is 35.5. The Morgan fingerprint density at radius 2 is 1.87 bits per heavy atom. The Bertz CT molecular complexity index is 1220. The summed E-state index contributed by atoms with van der Waals surface area (Å²) in [4.78, 5) is 11.7.